The molecule has 13 heteroatoms. The summed E-state index contributed by atoms with van der Waals surface area (Å²) in [5, 5.41) is 21.1. The number of benzene rings is 4. The van der Waals surface area contributed by atoms with Crippen LogP contribution in [0, 0.1) is 11.7 Å². The van der Waals surface area contributed by atoms with Crippen LogP contribution in [0.4, 0.5) is 14.9 Å². The highest BCUT2D eigenvalue weighted by molar-refractivity contribution is 6.35. The van der Waals surface area contributed by atoms with E-state index in [9.17, 15) is 19.9 Å². The van der Waals surface area contributed by atoms with Gasteiger partial charge in [0.2, 0.25) is 12.4 Å². The van der Waals surface area contributed by atoms with E-state index in [2.05, 4.69) is 4.90 Å². The quantitative estimate of drug-likeness (QED) is 0.0953. The number of methoxy groups -OCH3 is 2. The lowest BCUT2D eigenvalue weighted by Crippen LogP contribution is -2.53. The van der Waals surface area contributed by atoms with Crippen LogP contribution in [0.5, 0.6) is 11.5 Å². The molecule has 0 aliphatic carbocycles. The summed E-state index contributed by atoms with van der Waals surface area (Å²) in [5.41, 5.74) is 3.68. The lowest BCUT2D eigenvalue weighted by molar-refractivity contribution is -0.904. The van der Waals surface area contributed by atoms with Gasteiger partial charge in [-0.2, -0.15) is 0 Å². The predicted molar refractivity (Wildman–Crippen MR) is 210 cm³/mol. The van der Waals surface area contributed by atoms with E-state index in [1.165, 1.54) is 37.6 Å². The molecule has 0 radical (unpaired) electrons. The fourth-order valence-corrected chi connectivity index (χ4v) is 8.56. The van der Waals surface area contributed by atoms with Gasteiger partial charge in [0.1, 0.15) is 22.0 Å². The smallest absolute Gasteiger partial charge is 0.415 e. The van der Waals surface area contributed by atoms with Gasteiger partial charge in [-0.3, -0.25) is 15.0 Å². The average molecular weight is 802 g/mol. The van der Waals surface area contributed by atoms with Crippen LogP contribution in [-0.4, -0.2) is 67.2 Å². The number of carbonyl (C=O) groups is 2. The van der Waals surface area contributed by atoms with E-state index in [1.54, 1.807) is 42.5 Å². The third-order valence-electron chi connectivity index (χ3n) is 10.8. The summed E-state index contributed by atoms with van der Waals surface area (Å²) in [6.45, 7) is 2.60. The van der Waals surface area contributed by atoms with Gasteiger partial charge in [-0.15, -0.1) is 0 Å². The van der Waals surface area contributed by atoms with Crippen LogP contribution < -0.4 is 19.1 Å². The van der Waals surface area contributed by atoms with Gasteiger partial charge in [0, 0.05) is 22.8 Å². The zero-order chi connectivity index (χ0) is 39.5. The molecular weight excluding hydrogens is 760 g/mol. The number of amides is 1. The number of anilines is 1. The normalized spacial score (nSPS) is 17.9. The van der Waals surface area contributed by atoms with Crippen molar-refractivity contribution in [2.75, 3.05) is 38.8 Å². The molecule has 3 aliphatic heterocycles. The first-order valence-electron chi connectivity index (χ1n) is 18.3. The number of hydrogen-bond acceptors (Lipinski definition) is 7. The molecule has 3 saturated heterocycles. The minimum Gasteiger partial charge on any atom is -0.493 e. The van der Waals surface area contributed by atoms with Gasteiger partial charge in [0.15, 0.2) is 11.5 Å². The molecule has 4 aromatic carbocycles. The van der Waals surface area contributed by atoms with Crippen molar-refractivity contribution in [1.82, 2.24) is 4.90 Å². The number of pyridine rings is 1. The average Bonchev–Trinajstić information content (AvgIpc) is 3.20. The largest absolute Gasteiger partial charge is 0.493 e. The van der Waals surface area contributed by atoms with Crippen molar-refractivity contribution in [3.8, 4) is 22.6 Å². The first kappa shape index (κ1) is 38.9. The number of piperidine rings is 3. The van der Waals surface area contributed by atoms with Crippen molar-refractivity contribution < 1.29 is 43.2 Å². The van der Waals surface area contributed by atoms with E-state index in [1.807, 2.05) is 36.4 Å². The number of aromatic carboxylic acids is 1. The zero-order valence-electron chi connectivity index (χ0n) is 30.8. The molecule has 0 unspecified atom stereocenters. The Labute approximate surface area is 334 Å². The van der Waals surface area contributed by atoms with Crippen molar-refractivity contribution in [3.05, 3.63) is 141 Å². The Morgan fingerprint density at radius 1 is 0.929 bits per heavy atom. The van der Waals surface area contributed by atoms with Crippen LogP contribution in [0.15, 0.2) is 97.3 Å². The maximum atomic E-state index is 15.4. The Kier molecular flexibility index (Phi) is 11.7. The van der Waals surface area contributed by atoms with Crippen molar-refractivity contribution in [2.45, 2.75) is 37.8 Å². The maximum Gasteiger partial charge on any atom is 0.415 e. The second-order valence-corrected chi connectivity index (χ2v) is 14.9. The number of rotatable bonds is 12. The highest BCUT2D eigenvalue weighted by Crippen LogP contribution is 2.43. The molecule has 1 aromatic heterocycles. The molecular formula is C43H41Cl2FN3O7+. The summed E-state index contributed by atoms with van der Waals surface area (Å²) < 4.78 is 33.4. The van der Waals surface area contributed by atoms with Crippen LogP contribution in [0.25, 0.3) is 11.1 Å². The molecule has 4 heterocycles. The van der Waals surface area contributed by atoms with Gasteiger partial charge in [0.25, 0.3) is 0 Å². The van der Waals surface area contributed by atoms with E-state index in [0.717, 1.165) is 30.7 Å². The van der Waals surface area contributed by atoms with Crippen LogP contribution in [0.1, 0.15) is 51.4 Å². The number of carbonyl (C=O) groups excluding carboxylic acids is 1. The molecule has 0 saturated carbocycles. The Morgan fingerprint density at radius 3 is 2.30 bits per heavy atom. The van der Waals surface area contributed by atoms with Crippen LogP contribution in [0.2, 0.25) is 10.0 Å². The molecule has 2 N–H and O–H groups in total. The standard InChI is InChI=1S/C43H40Cl2FN3O7/c1-54-38-14-13-29(20-39(38)55-2)32(21-33-34(44)23-48(53)24-35(33)45)41-30(9-6-10-31(41)42(50)51)28-8-5-7-26(19-28)22-49(37-12-4-3-11-36(37)46)43(52)56-40-25-47-17-15-27(40)16-18-47/h3-14,19-20,23-24,27,32,40H,15-18,21-22,25H2,1-2H3,(H-,50,51,53)/p+1/t32-,40-/m0/s1. The predicted octanol–water partition coefficient (Wildman–Crippen LogP) is 8.65. The molecule has 56 heavy (non-hydrogen) atoms. The molecule has 2 atom stereocenters. The third kappa shape index (κ3) is 8.11. The van der Waals surface area contributed by atoms with Crippen molar-refractivity contribution in [3.63, 3.8) is 0 Å². The van der Waals surface area contributed by atoms with Gasteiger partial charge in [-0.25, -0.2) is 14.0 Å². The van der Waals surface area contributed by atoms with E-state index in [4.69, 9.17) is 37.4 Å². The monoisotopic (exact) mass is 800 g/mol. The molecule has 1 amide bonds. The number of fused-ring (bicyclic) bond motifs is 3. The molecule has 8 rings (SSSR count). The number of aromatic nitrogens is 1. The lowest BCUT2D eigenvalue weighted by atomic mass is 9.79. The first-order chi connectivity index (χ1) is 27.0. The minimum atomic E-state index is -1.15. The number of carboxylic acid groups (broad SMARTS) is 1. The second-order valence-electron chi connectivity index (χ2n) is 14.1. The number of hydrogen-bond donors (Lipinski definition) is 2. The topological polar surface area (TPSA) is 113 Å². The number of para-hydroxylation sites is 1. The van der Waals surface area contributed by atoms with Crippen LogP contribution in [-0.2, 0) is 17.7 Å². The van der Waals surface area contributed by atoms with E-state index in [-0.39, 0.29) is 46.3 Å². The van der Waals surface area contributed by atoms with E-state index in [0.29, 0.717) is 51.4 Å². The Morgan fingerprint density at radius 2 is 1.64 bits per heavy atom. The van der Waals surface area contributed by atoms with Gasteiger partial charge in [0.05, 0.1) is 32.0 Å². The summed E-state index contributed by atoms with van der Waals surface area (Å²) in [6.07, 6.45) is 3.74. The van der Waals surface area contributed by atoms with Crippen molar-refractivity contribution in [2.24, 2.45) is 5.92 Å². The Hall–Kier alpha value is -5.36. The summed E-state index contributed by atoms with van der Waals surface area (Å²) in [5.74, 6) is -1.20. The zero-order valence-corrected chi connectivity index (χ0v) is 32.3. The molecule has 3 aliphatic rings. The Bertz CT molecular complexity index is 2240. The summed E-state index contributed by atoms with van der Waals surface area (Å²) in [4.78, 5) is 30.6. The highest BCUT2D eigenvalue weighted by Gasteiger charge is 2.38. The molecule has 3 fully saturated rings. The summed E-state index contributed by atoms with van der Waals surface area (Å²) in [7, 11) is 3.04. The molecule has 2 bridgehead atoms. The van der Waals surface area contributed by atoms with Crippen molar-refractivity contribution >= 4 is 41.0 Å². The molecule has 10 nitrogen and oxygen atoms in total. The van der Waals surface area contributed by atoms with Crippen LogP contribution >= 0.6 is 23.2 Å². The molecule has 290 valence electrons. The lowest BCUT2D eigenvalue weighted by Gasteiger charge is -2.44. The summed E-state index contributed by atoms with van der Waals surface area (Å²) >= 11 is 13.3. The molecule has 0 spiro atoms. The first-order valence-corrected chi connectivity index (χ1v) is 19.0. The Balaban J connectivity index is 1.32. The van der Waals surface area contributed by atoms with E-state index >= 15 is 4.39 Å². The van der Waals surface area contributed by atoms with Crippen LogP contribution in [0.3, 0.4) is 0 Å². The fraction of sp³-hybridized carbons (Fsp3) is 0.279. The van der Waals surface area contributed by atoms with Gasteiger partial charge < -0.3 is 19.3 Å². The third-order valence-corrected chi connectivity index (χ3v) is 11.4. The number of nitrogens with zero attached hydrogens (tertiary/aromatic N) is 3. The second kappa shape index (κ2) is 16.8. The number of halogens is 3. The SMILES string of the molecule is COc1ccc([C@H](Cc2c(Cl)c[n+](O)cc2Cl)c2c(C(=O)O)cccc2-c2cccc(CN(C(=O)O[C@H]3CN4CCC3CC4)c3ccccc3F)c2)cc1OC. The highest BCUT2D eigenvalue weighted by atomic mass is 35.5. The maximum absolute atomic E-state index is 15.4. The number of ether oxygens (including phenoxy) is 3. The molecule has 5 aromatic rings. The fourth-order valence-electron chi connectivity index (χ4n) is 7.95. The number of carboxylic acids is 1. The van der Waals surface area contributed by atoms with Crippen molar-refractivity contribution in [1.29, 1.82) is 0 Å². The van der Waals surface area contributed by atoms with E-state index < -0.39 is 23.8 Å². The van der Waals surface area contributed by atoms with Gasteiger partial charge in [-0.05, 0) is 102 Å². The van der Waals surface area contributed by atoms with Gasteiger partial charge >= 0.3 is 12.1 Å². The minimum absolute atomic E-state index is 0.0157. The van der Waals surface area contributed by atoms with Gasteiger partial charge in [-0.1, -0.05) is 71.7 Å². The summed E-state index contributed by atoms with van der Waals surface area (Å²) in [6, 6.07) is 23.9.